The number of hydrogen-bond acceptors (Lipinski definition) is 8. The highest BCUT2D eigenvalue weighted by Crippen LogP contribution is 2.18. The lowest BCUT2D eigenvalue weighted by Crippen LogP contribution is -2.19. The van der Waals surface area contributed by atoms with E-state index in [1.165, 1.54) is 30.5 Å². The average molecular weight is 504 g/mol. The fourth-order valence-electron chi connectivity index (χ4n) is 2.21. The predicted octanol–water partition coefficient (Wildman–Crippen LogP) is 3.55. The van der Waals surface area contributed by atoms with Crippen LogP contribution in [-0.4, -0.2) is 33.3 Å². The molecular weight excluding hydrogens is 490 g/mol. The Bertz CT molecular complexity index is 1120. The summed E-state index contributed by atoms with van der Waals surface area (Å²) >= 11 is 4.37. The van der Waals surface area contributed by atoms with Gasteiger partial charge in [-0.2, -0.15) is 5.10 Å². The number of urea groups is 1. The van der Waals surface area contributed by atoms with E-state index in [0.29, 0.717) is 10.7 Å². The number of hydrogen-bond donors (Lipinski definition) is 3. The van der Waals surface area contributed by atoms with E-state index in [1.54, 1.807) is 0 Å². The number of benzene rings is 2. The Kier molecular flexibility index (Phi) is 7.35. The summed E-state index contributed by atoms with van der Waals surface area (Å²) in [5, 5.41) is 27.8. The lowest BCUT2D eigenvalue weighted by atomic mass is 10.2. The molecule has 0 atom stereocenters. The molecule has 11 nitrogen and oxygen atoms in total. The van der Waals surface area contributed by atoms with E-state index in [2.05, 4.69) is 47.3 Å². The zero-order valence-corrected chi connectivity index (χ0v) is 18.0. The number of non-ortho nitro benzene ring substituents is 1. The number of carbonyl (C=O) groups excluding carboxylic acids is 2. The third kappa shape index (κ3) is 6.94. The molecule has 13 heteroatoms. The standard InChI is InChI=1S/C18H14BrN7O4S/c19-12-3-1-11(2-4-12)10-20-23-15(27)9-16-24-25-18(31-16)22-17(28)21-13-5-7-14(8-6-13)26(29)30/h1-8,10H,9H2,(H,23,27)(H2,21,22,25,28)/b20-10-. The molecule has 0 aliphatic carbocycles. The molecule has 0 radical (unpaired) electrons. The number of nitro groups is 1. The second-order valence-electron chi connectivity index (χ2n) is 5.91. The van der Waals surface area contributed by atoms with E-state index in [0.717, 1.165) is 21.4 Å². The number of anilines is 2. The van der Waals surface area contributed by atoms with Gasteiger partial charge < -0.3 is 5.32 Å². The number of rotatable bonds is 7. The van der Waals surface area contributed by atoms with Gasteiger partial charge in [0.2, 0.25) is 11.0 Å². The number of nitrogens with one attached hydrogen (secondary N) is 3. The molecule has 0 saturated carbocycles. The summed E-state index contributed by atoms with van der Waals surface area (Å²) in [6.45, 7) is 0. The SMILES string of the molecule is O=C(Cc1nnc(NC(=O)Nc2ccc([N+](=O)[O-])cc2)s1)N/N=C\c1ccc(Br)cc1. The topological polar surface area (TPSA) is 152 Å². The lowest BCUT2D eigenvalue weighted by molar-refractivity contribution is -0.384. The maximum Gasteiger partial charge on any atom is 0.325 e. The van der Waals surface area contributed by atoms with Crippen molar-refractivity contribution in [3.8, 4) is 0 Å². The summed E-state index contributed by atoms with van der Waals surface area (Å²) in [7, 11) is 0. The Hall–Kier alpha value is -3.71. The molecule has 0 unspecified atom stereocenters. The Balaban J connectivity index is 1.46. The third-order valence-corrected chi connectivity index (χ3v) is 4.98. The van der Waals surface area contributed by atoms with E-state index >= 15 is 0 Å². The predicted molar refractivity (Wildman–Crippen MR) is 119 cm³/mol. The van der Waals surface area contributed by atoms with Crippen LogP contribution in [0, 0.1) is 10.1 Å². The number of hydrazone groups is 1. The summed E-state index contributed by atoms with van der Waals surface area (Å²) in [6.07, 6.45) is 1.46. The van der Waals surface area contributed by atoms with E-state index in [1.807, 2.05) is 24.3 Å². The van der Waals surface area contributed by atoms with Gasteiger partial charge >= 0.3 is 6.03 Å². The molecule has 2 aromatic carbocycles. The van der Waals surface area contributed by atoms with Crippen molar-refractivity contribution in [3.63, 3.8) is 0 Å². The number of halogens is 1. The Morgan fingerprint density at radius 2 is 1.81 bits per heavy atom. The van der Waals surface area contributed by atoms with Crippen LogP contribution in [0.1, 0.15) is 10.6 Å². The van der Waals surface area contributed by atoms with Gasteiger partial charge in [-0.25, -0.2) is 10.2 Å². The Labute approximate surface area is 187 Å². The summed E-state index contributed by atoms with van der Waals surface area (Å²) in [5.41, 5.74) is 3.51. The molecule has 3 rings (SSSR count). The second kappa shape index (κ2) is 10.4. The molecule has 0 spiro atoms. The summed E-state index contributed by atoms with van der Waals surface area (Å²) in [5.74, 6) is -0.383. The van der Waals surface area contributed by atoms with Crippen LogP contribution >= 0.6 is 27.3 Å². The minimum absolute atomic E-state index is 0.0546. The molecule has 0 bridgehead atoms. The highest BCUT2D eigenvalue weighted by molar-refractivity contribution is 9.10. The first-order valence-corrected chi connectivity index (χ1v) is 10.2. The quantitative estimate of drug-likeness (QED) is 0.254. The van der Waals surface area contributed by atoms with E-state index < -0.39 is 11.0 Å². The second-order valence-corrected chi connectivity index (χ2v) is 7.88. The van der Waals surface area contributed by atoms with Crippen molar-refractivity contribution in [1.82, 2.24) is 15.6 Å². The van der Waals surface area contributed by atoms with Gasteiger partial charge in [-0.1, -0.05) is 39.4 Å². The lowest BCUT2D eigenvalue weighted by Gasteiger charge is -2.04. The van der Waals surface area contributed by atoms with E-state index in [9.17, 15) is 19.7 Å². The van der Waals surface area contributed by atoms with Crippen molar-refractivity contribution < 1.29 is 14.5 Å². The fraction of sp³-hybridized carbons (Fsp3) is 0.0556. The monoisotopic (exact) mass is 503 g/mol. The smallest absolute Gasteiger partial charge is 0.308 e. The summed E-state index contributed by atoms with van der Waals surface area (Å²) < 4.78 is 0.941. The van der Waals surface area contributed by atoms with Crippen molar-refractivity contribution in [2.24, 2.45) is 5.10 Å². The highest BCUT2D eigenvalue weighted by atomic mass is 79.9. The number of amides is 3. The number of nitrogens with zero attached hydrogens (tertiary/aromatic N) is 4. The molecule has 3 amide bonds. The Morgan fingerprint density at radius 1 is 1.10 bits per heavy atom. The molecule has 1 aromatic heterocycles. The van der Waals surface area contributed by atoms with Crippen molar-refractivity contribution in [2.45, 2.75) is 6.42 Å². The largest absolute Gasteiger partial charge is 0.325 e. The highest BCUT2D eigenvalue weighted by Gasteiger charge is 2.12. The number of nitro benzene ring substituents is 1. The normalized spacial score (nSPS) is 10.6. The molecule has 31 heavy (non-hydrogen) atoms. The zero-order chi connectivity index (χ0) is 22.2. The summed E-state index contributed by atoms with van der Waals surface area (Å²) in [4.78, 5) is 34.1. The Morgan fingerprint density at radius 3 is 2.48 bits per heavy atom. The van der Waals surface area contributed by atoms with Crippen molar-refractivity contribution in [1.29, 1.82) is 0 Å². The zero-order valence-electron chi connectivity index (χ0n) is 15.6. The maximum atomic E-state index is 12.0. The molecule has 3 aromatic rings. The van der Waals surface area contributed by atoms with Crippen LogP contribution in [0.25, 0.3) is 0 Å². The van der Waals surface area contributed by atoms with Gasteiger partial charge in [0.05, 0.1) is 17.6 Å². The van der Waals surface area contributed by atoms with Gasteiger partial charge in [0.15, 0.2) is 0 Å². The van der Waals surface area contributed by atoms with Crippen molar-refractivity contribution in [2.75, 3.05) is 10.6 Å². The molecule has 0 fully saturated rings. The molecule has 0 aliphatic heterocycles. The fourth-order valence-corrected chi connectivity index (χ4v) is 3.20. The van der Waals surface area contributed by atoms with Gasteiger partial charge in [-0.3, -0.25) is 20.2 Å². The van der Waals surface area contributed by atoms with Crippen LogP contribution in [-0.2, 0) is 11.2 Å². The van der Waals surface area contributed by atoms with Gasteiger partial charge in [0.25, 0.3) is 5.69 Å². The third-order valence-electron chi connectivity index (χ3n) is 3.61. The van der Waals surface area contributed by atoms with Gasteiger partial charge in [-0.15, -0.1) is 10.2 Å². The molecule has 3 N–H and O–H groups in total. The van der Waals surface area contributed by atoms with Crippen LogP contribution in [0.3, 0.4) is 0 Å². The van der Waals surface area contributed by atoms with Crippen LogP contribution in [0.5, 0.6) is 0 Å². The van der Waals surface area contributed by atoms with Crippen molar-refractivity contribution in [3.05, 3.63) is 73.7 Å². The number of carbonyl (C=O) groups is 2. The molecular formula is C18H14BrN7O4S. The first-order chi connectivity index (χ1) is 14.9. The van der Waals surface area contributed by atoms with Crippen molar-refractivity contribution >= 4 is 61.9 Å². The first kappa shape index (κ1) is 22.0. The minimum atomic E-state index is -0.597. The minimum Gasteiger partial charge on any atom is -0.308 e. The van der Waals surface area contributed by atoms with E-state index in [4.69, 9.17) is 0 Å². The molecule has 1 heterocycles. The van der Waals surface area contributed by atoms with Gasteiger partial charge in [0.1, 0.15) is 5.01 Å². The average Bonchev–Trinajstić information content (AvgIpc) is 3.16. The van der Waals surface area contributed by atoms with Crippen LogP contribution in [0.4, 0.5) is 21.3 Å². The van der Waals surface area contributed by atoms with Crippen LogP contribution in [0.2, 0.25) is 0 Å². The van der Waals surface area contributed by atoms with Crippen LogP contribution < -0.4 is 16.1 Å². The van der Waals surface area contributed by atoms with Gasteiger partial charge in [-0.05, 0) is 29.8 Å². The molecule has 158 valence electrons. The first-order valence-electron chi connectivity index (χ1n) is 8.61. The molecule has 0 aliphatic rings. The van der Waals surface area contributed by atoms with Crippen LogP contribution in [0.15, 0.2) is 58.1 Å². The van der Waals surface area contributed by atoms with Gasteiger partial charge in [0, 0.05) is 22.3 Å². The molecule has 0 saturated heterocycles. The number of aromatic nitrogens is 2. The summed E-state index contributed by atoms with van der Waals surface area (Å²) in [6, 6.07) is 12.2. The maximum absolute atomic E-state index is 12.0. The van der Waals surface area contributed by atoms with E-state index in [-0.39, 0.29) is 23.1 Å².